The molecule has 0 saturated heterocycles. The van der Waals surface area contributed by atoms with Crippen molar-refractivity contribution in [3.05, 3.63) is 218 Å². The van der Waals surface area contributed by atoms with Gasteiger partial charge in [-0.3, -0.25) is 14.4 Å². The molecule has 0 amide bonds. The topological polar surface area (TPSA) is 51.2 Å². The third-order valence-corrected chi connectivity index (χ3v) is 8.41. The van der Waals surface area contributed by atoms with Gasteiger partial charge in [-0.2, -0.15) is 0 Å². The lowest BCUT2D eigenvalue weighted by Crippen LogP contribution is -2.11. The molecule has 0 N–H and O–H groups in total. The standard InChI is InChI=1S/2C14H10O.C13H8O.6C2H6.3C2H4/c2*15-14-9-10-5-1-2-6-11(10)12-7-3-4-8-13(12)14;14-13-11-7-3-1-5-9(11)10-6-2-4-8-12(10)13;9*1-2/h2*1-8H,9H2;1-8H;6*1-2H3;3*1-2H2. The summed E-state index contributed by atoms with van der Waals surface area (Å²) in [4.78, 5) is 35.6. The van der Waals surface area contributed by atoms with Crippen molar-refractivity contribution in [2.45, 2.75) is 95.9 Å². The first-order valence-electron chi connectivity index (χ1n) is 22.2. The van der Waals surface area contributed by atoms with Gasteiger partial charge in [0.25, 0.3) is 0 Å². The van der Waals surface area contributed by atoms with E-state index in [1.165, 1.54) is 11.1 Å². The van der Waals surface area contributed by atoms with Crippen LogP contribution in [-0.4, -0.2) is 17.3 Å². The van der Waals surface area contributed by atoms with Gasteiger partial charge in [-0.05, 0) is 44.5 Å². The molecule has 0 radical (unpaired) electrons. The fraction of sp³-hybridized carbons (Fsp3) is 0.237. The summed E-state index contributed by atoms with van der Waals surface area (Å²) in [6.45, 7) is 42.0. The summed E-state index contributed by atoms with van der Waals surface area (Å²) in [6, 6.07) is 47.4. The lowest BCUT2D eigenvalue weighted by molar-refractivity contribution is 0.0983. The van der Waals surface area contributed by atoms with E-state index in [0.717, 1.165) is 55.6 Å². The smallest absolute Gasteiger partial charge is 0.194 e. The molecule has 0 atom stereocenters. The summed E-state index contributed by atoms with van der Waals surface area (Å²) >= 11 is 0. The highest BCUT2D eigenvalue weighted by molar-refractivity contribution is 6.21. The molecule has 6 aromatic carbocycles. The highest BCUT2D eigenvalue weighted by atomic mass is 16.1. The number of Topliss-reactive ketones (excluding diaryl/α,β-unsaturated/α-hetero) is 2. The largest absolute Gasteiger partial charge is 0.294 e. The first-order valence-corrected chi connectivity index (χ1v) is 22.2. The molecule has 0 unspecified atom stereocenters. The third kappa shape index (κ3) is 16.2. The van der Waals surface area contributed by atoms with Gasteiger partial charge in [0.2, 0.25) is 0 Å². The average Bonchev–Trinajstić information content (AvgIpc) is 3.68. The summed E-state index contributed by atoms with van der Waals surface area (Å²) < 4.78 is 0. The van der Waals surface area contributed by atoms with Crippen LogP contribution in [0.2, 0.25) is 0 Å². The van der Waals surface area contributed by atoms with Crippen molar-refractivity contribution in [3.8, 4) is 33.4 Å². The SMILES string of the molecule is C=C.C=C.C=C.CC.CC.CC.CC.CC.CC.O=C1Cc2ccccc2-c2ccccc21.O=C1Cc2ccccc2-c2ccccc21.O=C1c2ccccc2-c2ccccc21. The molecule has 3 nitrogen and oxygen atoms in total. The molecule has 3 aliphatic rings. The van der Waals surface area contributed by atoms with E-state index in [9.17, 15) is 14.4 Å². The molecule has 0 spiro atoms. The molecule has 0 heterocycles. The number of fused-ring (bicyclic) bond motifs is 9. The van der Waals surface area contributed by atoms with Crippen LogP contribution in [0.4, 0.5) is 0 Å². The molecule has 9 rings (SSSR count). The highest BCUT2D eigenvalue weighted by Crippen LogP contribution is 2.36. The van der Waals surface area contributed by atoms with Crippen LogP contribution >= 0.6 is 0 Å². The van der Waals surface area contributed by atoms with Gasteiger partial charge in [0.1, 0.15) is 0 Å². The Morgan fingerprint density at radius 3 is 0.694 bits per heavy atom. The van der Waals surface area contributed by atoms with E-state index in [4.69, 9.17) is 0 Å². The first-order chi connectivity index (χ1) is 30.6. The summed E-state index contributed by atoms with van der Waals surface area (Å²) in [5.41, 5.74) is 12.3. The number of carbonyl (C=O) groups excluding carboxylic acids is 3. The van der Waals surface area contributed by atoms with Crippen LogP contribution in [0.3, 0.4) is 0 Å². The summed E-state index contributed by atoms with van der Waals surface area (Å²) in [5, 5.41) is 0. The first kappa shape index (κ1) is 59.9. The van der Waals surface area contributed by atoms with Crippen molar-refractivity contribution in [3.63, 3.8) is 0 Å². The highest BCUT2D eigenvalue weighted by Gasteiger charge is 2.25. The Bertz CT molecular complexity index is 1980. The second-order valence-electron chi connectivity index (χ2n) is 11.0. The maximum atomic E-state index is 11.9. The second kappa shape index (κ2) is 37.5. The van der Waals surface area contributed by atoms with Crippen LogP contribution in [0.15, 0.2) is 185 Å². The Labute approximate surface area is 378 Å². The molecule has 0 saturated carbocycles. The van der Waals surface area contributed by atoms with Crippen LogP contribution in [0.5, 0.6) is 0 Å². The lowest BCUT2D eigenvalue weighted by atomic mass is 9.85. The molecule has 62 heavy (non-hydrogen) atoms. The number of rotatable bonds is 0. The number of hydrogen-bond donors (Lipinski definition) is 0. The molecule has 330 valence electrons. The molecule has 6 aromatic rings. The summed E-state index contributed by atoms with van der Waals surface area (Å²) in [7, 11) is 0. The minimum absolute atomic E-state index is 0.149. The molecular weight excluding hydrogens is 757 g/mol. The van der Waals surface area contributed by atoms with Crippen LogP contribution in [-0.2, 0) is 12.8 Å². The van der Waals surface area contributed by atoms with E-state index in [1.807, 2.05) is 217 Å². The van der Waals surface area contributed by atoms with Crippen molar-refractivity contribution >= 4 is 17.3 Å². The van der Waals surface area contributed by atoms with Gasteiger partial charge in [0, 0.05) is 35.1 Å². The van der Waals surface area contributed by atoms with Gasteiger partial charge in [-0.25, -0.2) is 0 Å². The second-order valence-corrected chi connectivity index (χ2v) is 11.0. The van der Waals surface area contributed by atoms with Crippen molar-refractivity contribution in [1.82, 2.24) is 0 Å². The fourth-order valence-electron chi connectivity index (χ4n) is 6.31. The van der Waals surface area contributed by atoms with Gasteiger partial charge < -0.3 is 0 Å². The minimum atomic E-state index is 0.149. The average molecular weight is 833 g/mol. The van der Waals surface area contributed by atoms with E-state index in [-0.39, 0.29) is 17.3 Å². The third-order valence-electron chi connectivity index (χ3n) is 8.41. The minimum Gasteiger partial charge on any atom is -0.294 e. The van der Waals surface area contributed by atoms with Gasteiger partial charge in [-0.1, -0.05) is 229 Å². The molecule has 0 aliphatic heterocycles. The van der Waals surface area contributed by atoms with Gasteiger partial charge >= 0.3 is 0 Å². The Kier molecular flexibility index (Phi) is 36.2. The van der Waals surface area contributed by atoms with Crippen LogP contribution < -0.4 is 0 Å². The Hall–Kier alpha value is -6.45. The number of benzene rings is 6. The van der Waals surface area contributed by atoms with E-state index in [0.29, 0.717) is 12.8 Å². The van der Waals surface area contributed by atoms with Crippen molar-refractivity contribution in [2.75, 3.05) is 0 Å². The molecule has 3 aliphatic carbocycles. The van der Waals surface area contributed by atoms with E-state index in [1.54, 1.807) is 0 Å². The van der Waals surface area contributed by atoms with Crippen LogP contribution in [0.1, 0.15) is 131 Å². The van der Waals surface area contributed by atoms with Crippen LogP contribution in [0.25, 0.3) is 33.4 Å². The molecule has 0 fully saturated rings. The van der Waals surface area contributed by atoms with Crippen molar-refractivity contribution in [1.29, 1.82) is 0 Å². The lowest BCUT2D eigenvalue weighted by Gasteiger charge is -2.18. The monoisotopic (exact) mass is 833 g/mol. The number of ketones is 3. The Balaban J connectivity index is -0.000000712. The molecular formula is C59H76O3. The maximum Gasteiger partial charge on any atom is 0.194 e. The molecule has 3 heteroatoms. The molecule has 0 bridgehead atoms. The molecule has 0 aromatic heterocycles. The zero-order chi connectivity index (χ0) is 48.0. The predicted molar refractivity (Wildman–Crippen MR) is 277 cm³/mol. The zero-order valence-electron chi connectivity index (χ0n) is 40.2. The fourth-order valence-corrected chi connectivity index (χ4v) is 6.31. The zero-order valence-corrected chi connectivity index (χ0v) is 40.2. The number of hydrogen-bond acceptors (Lipinski definition) is 3. The van der Waals surface area contributed by atoms with Crippen LogP contribution in [0, 0.1) is 0 Å². The van der Waals surface area contributed by atoms with Crippen molar-refractivity contribution in [2.24, 2.45) is 0 Å². The number of carbonyl (C=O) groups is 3. The summed E-state index contributed by atoms with van der Waals surface area (Å²) in [6.07, 6.45) is 1.07. The quantitative estimate of drug-likeness (QED) is 0.143. The predicted octanol–water partition coefficient (Wildman–Crippen LogP) is 17.6. The van der Waals surface area contributed by atoms with Gasteiger partial charge in [0.15, 0.2) is 17.3 Å². The van der Waals surface area contributed by atoms with E-state index >= 15 is 0 Å². The normalized spacial score (nSPS) is 9.97. The van der Waals surface area contributed by atoms with E-state index < -0.39 is 0 Å². The van der Waals surface area contributed by atoms with Crippen molar-refractivity contribution < 1.29 is 14.4 Å². The van der Waals surface area contributed by atoms with Gasteiger partial charge in [0.05, 0.1) is 0 Å². The Morgan fingerprint density at radius 1 is 0.258 bits per heavy atom. The van der Waals surface area contributed by atoms with E-state index in [2.05, 4.69) is 51.6 Å². The Morgan fingerprint density at radius 2 is 0.435 bits per heavy atom. The maximum absolute atomic E-state index is 11.9. The summed E-state index contributed by atoms with van der Waals surface area (Å²) in [5.74, 6) is 0.602. The van der Waals surface area contributed by atoms with Gasteiger partial charge in [-0.15, -0.1) is 39.5 Å².